The van der Waals surface area contributed by atoms with E-state index in [2.05, 4.69) is 28.9 Å². The van der Waals surface area contributed by atoms with E-state index in [4.69, 9.17) is 18.0 Å². The maximum absolute atomic E-state index is 13.9. The Hall–Kier alpha value is -3.24. The number of hydrogen-bond donors (Lipinski definition) is 4. The Balaban J connectivity index is 1.84. The van der Waals surface area contributed by atoms with Gasteiger partial charge >= 0.3 is 0 Å². The van der Waals surface area contributed by atoms with Crippen LogP contribution in [-0.2, 0) is 20.2 Å². The van der Waals surface area contributed by atoms with E-state index in [9.17, 15) is 18.3 Å². The summed E-state index contributed by atoms with van der Waals surface area (Å²) in [6, 6.07) is 11.6. The molecule has 2 aromatic rings. The molecule has 0 spiro atoms. The van der Waals surface area contributed by atoms with Crippen LogP contribution in [0.5, 0.6) is 0 Å². The molecular formula is C24H26N4O4S2. The van der Waals surface area contributed by atoms with Gasteiger partial charge in [-0.05, 0) is 61.7 Å². The van der Waals surface area contributed by atoms with Crippen molar-refractivity contribution in [2.75, 3.05) is 10.6 Å². The molecular weight excluding hydrogens is 472 g/mol. The largest absolute Gasteiger partial charge is 0.506 e. The van der Waals surface area contributed by atoms with Crippen LogP contribution in [0.4, 0.5) is 11.4 Å². The van der Waals surface area contributed by atoms with Crippen LogP contribution in [0.2, 0.25) is 0 Å². The number of rotatable bonds is 5. The Morgan fingerprint density at radius 1 is 1.26 bits per heavy atom. The summed E-state index contributed by atoms with van der Waals surface area (Å²) in [5.41, 5.74) is 6.24. The highest BCUT2D eigenvalue weighted by Gasteiger charge is 2.46. The molecule has 8 nitrogen and oxygen atoms in total. The molecule has 2 aromatic carbocycles. The normalized spacial score (nSPS) is 20.8. The number of hydrogen-bond acceptors (Lipinski definition) is 6. The van der Waals surface area contributed by atoms with Gasteiger partial charge in [0.2, 0.25) is 0 Å². The second-order valence-electron chi connectivity index (χ2n) is 9.10. The topological polar surface area (TPSA) is 134 Å². The van der Waals surface area contributed by atoms with Gasteiger partial charge in [-0.25, -0.2) is 0 Å². The van der Waals surface area contributed by atoms with Crippen LogP contribution in [0.3, 0.4) is 0 Å². The molecule has 178 valence electrons. The lowest BCUT2D eigenvalue weighted by molar-refractivity contribution is -0.120. The van der Waals surface area contributed by atoms with Gasteiger partial charge in [-0.1, -0.05) is 38.1 Å². The smallest absolute Gasteiger partial charge is 0.286 e. The van der Waals surface area contributed by atoms with Crippen LogP contribution < -0.4 is 16.4 Å². The molecule has 0 saturated heterocycles. The molecule has 0 saturated carbocycles. The van der Waals surface area contributed by atoms with Gasteiger partial charge in [-0.2, -0.15) is 8.42 Å². The third kappa shape index (κ3) is 4.07. The fraction of sp³-hybridized carbons (Fsp3) is 0.292. The first kappa shape index (κ1) is 23.9. The van der Waals surface area contributed by atoms with Gasteiger partial charge in [0, 0.05) is 11.3 Å². The summed E-state index contributed by atoms with van der Waals surface area (Å²) in [4.78, 5) is 13.8. The Morgan fingerprint density at radius 2 is 1.97 bits per heavy atom. The zero-order valence-electron chi connectivity index (χ0n) is 19.0. The van der Waals surface area contributed by atoms with Crippen LogP contribution in [0.25, 0.3) is 5.76 Å². The average molecular weight is 499 g/mol. The van der Waals surface area contributed by atoms with E-state index in [0.717, 1.165) is 12.0 Å². The van der Waals surface area contributed by atoms with Gasteiger partial charge in [0.05, 0.1) is 11.1 Å². The number of carbonyl (C=O) groups excluding carboxylic acids is 1. The fourth-order valence-electron chi connectivity index (χ4n) is 4.34. The molecule has 10 heteroatoms. The minimum atomic E-state index is -4.18. The highest BCUT2D eigenvalue weighted by molar-refractivity contribution is 7.90. The van der Waals surface area contributed by atoms with Crippen molar-refractivity contribution in [2.45, 2.75) is 43.9 Å². The molecule has 2 aliphatic rings. The Morgan fingerprint density at radius 3 is 2.65 bits per heavy atom. The van der Waals surface area contributed by atoms with Crippen LogP contribution >= 0.6 is 12.2 Å². The third-order valence-corrected chi connectivity index (χ3v) is 7.61. The van der Waals surface area contributed by atoms with E-state index in [-0.39, 0.29) is 38.6 Å². The van der Waals surface area contributed by atoms with Crippen molar-refractivity contribution in [3.63, 3.8) is 0 Å². The van der Waals surface area contributed by atoms with Crippen LogP contribution in [0.1, 0.15) is 44.7 Å². The average Bonchev–Trinajstić information content (AvgIpc) is 2.76. The van der Waals surface area contributed by atoms with Crippen molar-refractivity contribution < 1.29 is 18.3 Å². The number of nitrogens with two attached hydrogens (primary N) is 1. The van der Waals surface area contributed by atoms with Crippen LogP contribution in [-0.4, -0.2) is 30.3 Å². The number of ketones is 1. The van der Waals surface area contributed by atoms with E-state index in [1.54, 1.807) is 18.2 Å². The highest BCUT2D eigenvalue weighted by atomic mass is 32.2. The van der Waals surface area contributed by atoms with Gasteiger partial charge in [-0.15, -0.1) is 4.40 Å². The van der Waals surface area contributed by atoms with Crippen LogP contribution in [0, 0.1) is 5.92 Å². The number of fused-ring (bicyclic) bond motifs is 2. The van der Waals surface area contributed by atoms with E-state index < -0.39 is 15.4 Å². The molecule has 1 aliphatic carbocycles. The number of carbonyl (C=O) groups is 1. The zero-order chi connectivity index (χ0) is 24.8. The monoisotopic (exact) mass is 498 g/mol. The summed E-state index contributed by atoms with van der Waals surface area (Å²) in [6.07, 6.45) is 1.33. The van der Waals surface area contributed by atoms with E-state index >= 15 is 0 Å². The molecule has 1 atom stereocenters. The Kier molecular flexibility index (Phi) is 5.99. The van der Waals surface area contributed by atoms with E-state index in [0.29, 0.717) is 23.6 Å². The quantitative estimate of drug-likeness (QED) is 0.453. The number of nitrogens with zero attached hydrogens (tertiary/aromatic N) is 1. The first-order chi connectivity index (χ1) is 15.9. The number of amidine groups is 1. The lowest BCUT2D eigenvalue weighted by Gasteiger charge is -2.36. The molecule has 0 unspecified atom stereocenters. The Labute approximate surface area is 204 Å². The summed E-state index contributed by atoms with van der Waals surface area (Å²) in [5.74, 6) is -0.503. The van der Waals surface area contributed by atoms with Crippen molar-refractivity contribution in [3.8, 4) is 0 Å². The van der Waals surface area contributed by atoms with E-state index in [1.165, 1.54) is 12.1 Å². The number of anilines is 2. The zero-order valence-corrected chi connectivity index (χ0v) is 20.7. The maximum atomic E-state index is 13.9. The van der Waals surface area contributed by atoms with Crippen molar-refractivity contribution in [2.24, 2.45) is 16.0 Å². The van der Waals surface area contributed by atoms with Crippen molar-refractivity contribution in [1.29, 1.82) is 0 Å². The van der Waals surface area contributed by atoms with Crippen molar-refractivity contribution >= 4 is 56.1 Å². The number of aliphatic hydroxyl groups is 1. The van der Waals surface area contributed by atoms with Crippen molar-refractivity contribution in [3.05, 3.63) is 59.2 Å². The second kappa shape index (κ2) is 8.52. The molecule has 1 aliphatic heterocycles. The highest BCUT2D eigenvalue weighted by Crippen LogP contribution is 2.44. The van der Waals surface area contributed by atoms with Gasteiger partial charge < -0.3 is 21.5 Å². The number of sulfonamides is 1. The molecule has 4 rings (SSSR count). The second-order valence-corrected chi connectivity index (χ2v) is 11.1. The fourth-order valence-corrected chi connectivity index (χ4v) is 5.61. The van der Waals surface area contributed by atoms with Crippen molar-refractivity contribution in [1.82, 2.24) is 0 Å². The molecule has 1 heterocycles. The summed E-state index contributed by atoms with van der Waals surface area (Å²) in [7, 11) is -4.18. The Bertz CT molecular complexity index is 1380. The molecule has 34 heavy (non-hydrogen) atoms. The number of thiocarbonyl (C=S) groups is 1. The van der Waals surface area contributed by atoms with Gasteiger partial charge in [0.1, 0.15) is 16.2 Å². The number of Topliss-reactive ketones (excluding diaryl/α,β-unsaturated/α-hetero) is 1. The lowest BCUT2D eigenvalue weighted by Crippen LogP contribution is -2.42. The number of benzene rings is 2. The van der Waals surface area contributed by atoms with E-state index in [1.807, 2.05) is 19.1 Å². The summed E-state index contributed by atoms with van der Waals surface area (Å²) >= 11 is 4.81. The molecule has 0 radical (unpaired) electrons. The molecule has 0 aromatic heterocycles. The molecule has 0 fully saturated rings. The molecule has 5 N–H and O–H groups in total. The van der Waals surface area contributed by atoms with Gasteiger partial charge in [0.15, 0.2) is 16.7 Å². The first-order valence-electron chi connectivity index (χ1n) is 10.8. The molecule has 0 amide bonds. The number of nitrogens with one attached hydrogen (secondary N) is 2. The molecule has 0 bridgehead atoms. The number of aliphatic hydroxyl groups excluding tert-OH is 1. The SMILES string of the molecule is CC(C)CC[C@@]1(C)C(=O)C(C2=NS(=O)(=O)c3cc(NC(N)=S)ccc3N2)=C(O)c2ccccc21. The summed E-state index contributed by atoms with van der Waals surface area (Å²) in [5, 5.41) is 16.7. The standard InChI is InChI=1S/C24H26N4O4S2/c1-13(2)10-11-24(3)16-7-5-4-6-15(16)20(29)19(21(24)30)22-27-17-9-8-14(26-23(25)33)12-18(17)34(31,32)28-22/h4-9,12-13,29H,10-11H2,1-3H3,(H,27,28)(H3,25,26,33)/t24-/m1/s1. The predicted octanol–water partition coefficient (Wildman–Crippen LogP) is 4.10. The minimum Gasteiger partial charge on any atom is -0.506 e. The third-order valence-electron chi connectivity index (χ3n) is 6.19. The summed E-state index contributed by atoms with van der Waals surface area (Å²) in [6.45, 7) is 5.99. The van der Waals surface area contributed by atoms with Gasteiger partial charge in [-0.3, -0.25) is 4.79 Å². The minimum absolute atomic E-state index is 0.00691. The van der Waals surface area contributed by atoms with Gasteiger partial charge in [0.25, 0.3) is 10.0 Å². The first-order valence-corrected chi connectivity index (χ1v) is 12.7. The lowest BCUT2D eigenvalue weighted by atomic mass is 9.66. The van der Waals surface area contributed by atoms with Crippen LogP contribution in [0.15, 0.2) is 57.3 Å². The maximum Gasteiger partial charge on any atom is 0.286 e. The summed E-state index contributed by atoms with van der Waals surface area (Å²) < 4.78 is 30.0. The predicted molar refractivity (Wildman–Crippen MR) is 138 cm³/mol.